The van der Waals surface area contributed by atoms with Gasteiger partial charge in [0.2, 0.25) is 5.95 Å². The van der Waals surface area contributed by atoms with E-state index >= 15 is 0 Å². The van der Waals surface area contributed by atoms with E-state index in [0.29, 0.717) is 5.82 Å². The van der Waals surface area contributed by atoms with E-state index in [9.17, 15) is 0 Å². The van der Waals surface area contributed by atoms with Crippen molar-refractivity contribution >= 4 is 17.5 Å². The van der Waals surface area contributed by atoms with Crippen LogP contribution in [0.4, 0.5) is 17.5 Å². The van der Waals surface area contributed by atoms with Gasteiger partial charge in [-0.2, -0.15) is 4.98 Å². The average molecular weight is 215 g/mol. The molecule has 0 saturated heterocycles. The maximum atomic E-state index is 5.57. The predicted octanol–water partition coefficient (Wildman–Crippen LogP) is 1.81. The normalized spacial score (nSPS) is 10.1. The van der Waals surface area contributed by atoms with Crippen LogP contribution in [0.25, 0.3) is 0 Å². The molecular weight excluding hydrogens is 202 g/mol. The molecule has 0 saturated carbocycles. The first kappa shape index (κ1) is 10.4. The molecule has 0 amide bonds. The van der Waals surface area contributed by atoms with E-state index in [1.54, 1.807) is 6.20 Å². The lowest BCUT2D eigenvalue weighted by Crippen LogP contribution is -2.02. The van der Waals surface area contributed by atoms with Gasteiger partial charge in [0.15, 0.2) is 0 Å². The second-order valence-corrected chi connectivity index (χ2v) is 3.51. The van der Waals surface area contributed by atoms with E-state index in [1.807, 2.05) is 32.0 Å². The van der Waals surface area contributed by atoms with Crippen LogP contribution in [-0.4, -0.2) is 15.0 Å². The number of nitrogens with zero attached hydrogens (tertiary/aromatic N) is 3. The van der Waals surface area contributed by atoms with Gasteiger partial charge in [0, 0.05) is 18.0 Å². The van der Waals surface area contributed by atoms with Crippen LogP contribution in [0, 0.1) is 13.8 Å². The molecule has 16 heavy (non-hydrogen) atoms. The van der Waals surface area contributed by atoms with Crippen molar-refractivity contribution in [2.45, 2.75) is 13.8 Å². The van der Waals surface area contributed by atoms with E-state index in [0.717, 1.165) is 17.1 Å². The number of aromatic nitrogens is 3. The number of rotatable bonds is 2. The van der Waals surface area contributed by atoms with Crippen molar-refractivity contribution in [2.24, 2.45) is 0 Å². The third kappa shape index (κ3) is 2.25. The fourth-order valence-corrected chi connectivity index (χ4v) is 1.41. The highest BCUT2D eigenvalue weighted by Crippen LogP contribution is 2.17. The van der Waals surface area contributed by atoms with Gasteiger partial charge in [0.1, 0.15) is 5.82 Å². The summed E-state index contributed by atoms with van der Waals surface area (Å²) < 4.78 is 0. The molecule has 0 aliphatic heterocycles. The van der Waals surface area contributed by atoms with Gasteiger partial charge in [-0.1, -0.05) is 0 Å². The second kappa shape index (κ2) is 4.14. The van der Waals surface area contributed by atoms with Crippen molar-refractivity contribution in [1.82, 2.24) is 15.0 Å². The fourth-order valence-electron chi connectivity index (χ4n) is 1.41. The van der Waals surface area contributed by atoms with Crippen LogP contribution in [0.1, 0.15) is 11.4 Å². The molecule has 0 bridgehead atoms. The molecule has 2 rings (SSSR count). The van der Waals surface area contributed by atoms with Crippen molar-refractivity contribution < 1.29 is 0 Å². The zero-order chi connectivity index (χ0) is 11.5. The molecule has 2 aromatic rings. The van der Waals surface area contributed by atoms with Crippen LogP contribution in [0.5, 0.6) is 0 Å². The van der Waals surface area contributed by atoms with Gasteiger partial charge in [-0.25, -0.2) is 4.98 Å². The molecule has 82 valence electrons. The summed E-state index contributed by atoms with van der Waals surface area (Å²) in [5, 5.41) is 3.16. The molecule has 0 aromatic carbocycles. The Kier molecular flexibility index (Phi) is 2.68. The lowest BCUT2D eigenvalue weighted by Gasteiger charge is -2.08. The number of hydrogen-bond acceptors (Lipinski definition) is 5. The highest BCUT2D eigenvalue weighted by molar-refractivity contribution is 5.59. The molecule has 0 spiro atoms. The first-order valence-electron chi connectivity index (χ1n) is 4.95. The number of hydrogen-bond donors (Lipinski definition) is 2. The van der Waals surface area contributed by atoms with Crippen LogP contribution < -0.4 is 11.1 Å². The summed E-state index contributed by atoms with van der Waals surface area (Å²) in [6.45, 7) is 3.80. The van der Waals surface area contributed by atoms with Gasteiger partial charge < -0.3 is 11.1 Å². The zero-order valence-electron chi connectivity index (χ0n) is 9.23. The van der Waals surface area contributed by atoms with E-state index in [1.165, 1.54) is 0 Å². The first-order chi connectivity index (χ1) is 7.65. The summed E-state index contributed by atoms with van der Waals surface area (Å²) in [6.07, 6.45) is 1.75. The van der Waals surface area contributed by atoms with Gasteiger partial charge in [-0.15, -0.1) is 0 Å². The number of pyridine rings is 1. The summed E-state index contributed by atoms with van der Waals surface area (Å²) in [5.74, 6) is 0.949. The molecule has 0 aliphatic carbocycles. The summed E-state index contributed by atoms with van der Waals surface area (Å²) in [7, 11) is 0. The maximum Gasteiger partial charge on any atom is 0.222 e. The molecule has 5 heteroatoms. The summed E-state index contributed by atoms with van der Waals surface area (Å²) in [6, 6.07) is 5.64. The first-order valence-corrected chi connectivity index (χ1v) is 4.95. The minimum Gasteiger partial charge on any atom is -0.368 e. The smallest absolute Gasteiger partial charge is 0.222 e. The molecular formula is C11H13N5. The third-order valence-corrected chi connectivity index (χ3v) is 2.14. The standard InChI is InChI=1S/C11H13N5/c1-7-6-10(16-11(12)14-7)15-9-4-3-5-13-8(9)2/h3-6H,1-2H3,(H3,12,14,15,16). The van der Waals surface area contributed by atoms with Crippen molar-refractivity contribution in [1.29, 1.82) is 0 Å². The zero-order valence-corrected chi connectivity index (χ0v) is 9.23. The van der Waals surface area contributed by atoms with Gasteiger partial charge in [-0.3, -0.25) is 4.98 Å². The number of nitrogens with one attached hydrogen (secondary N) is 1. The van der Waals surface area contributed by atoms with Crippen LogP contribution in [-0.2, 0) is 0 Å². The van der Waals surface area contributed by atoms with Gasteiger partial charge in [0.05, 0.1) is 11.4 Å². The van der Waals surface area contributed by atoms with Crippen molar-refractivity contribution in [3.63, 3.8) is 0 Å². The molecule has 0 unspecified atom stereocenters. The topological polar surface area (TPSA) is 76.7 Å². The summed E-state index contributed by atoms with van der Waals surface area (Å²) in [5.41, 5.74) is 8.23. The Hall–Kier alpha value is -2.17. The van der Waals surface area contributed by atoms with Gasteiger partial charge in [-0.05, 0) is 26.0 Å². The average Bonchev–Trinajstić information content (AvgIpc) is 2.20. The lowest BCUT2D eigenvalue weighted by molar-refractivity contribution is 1.11. The Balaban J connectivity index is 2.30. The maximum absolute atomic E-state index is 5.57. The number of aryl methyl sites for hydroxylation is 2. The quantitative estimate of drug-likeness (QED) is 0.799. The minimum atomic E-state index is 0.268. The van der Waals surface area contributed by atoms with Crippen LogP contribution in [0.3, 0.4) is 0 Å². The highest BCUT2D eigenvalue weighted by Gasteiger charge is 2.02. The SMILES string of the molecule is Cc1cc(Nc2cccnc2C)nc(N)n1. The van der Waals surface area contributed by atoms with E-state index in [2.05, 4.69) is 20.3 Å². The largest absolute Gasteiger partial charge is 0.368 e. The summed E-state index contributed by atoms with van der Waals surface area (Å²) in [4.78, 5) is 12.3. The van der Waals surface area contributed by atoms with Gasteiger partial charge >= 0.3 is 0 Å². The Bertz CT molecular complexity index is 489. The van der Waals surface area contributed by atoms with E-state index < -0.39 is 0 Å². The Morgan fingerprint density at radius 1 is 1.25 bits per heavy atom. The van der Waals surface area contributed by atoms with E-state index in [-0.39, 0.29) is 5.95 Å². The molecule has 2 heterocycles. The predicted molar refractivity (Wildman–Crippen MR) is 63.4 cm³/mol. The molecule has 5 nitrogen and oxygen atoms in total. The molecule has 2 aromatic heterocycles. The Labute approximate surface area is 93.8 Å². The summed E-state index contributed by atoms with van der Waals surface area (Å²) >= 11 is 0. The Morgan fingerprint density at radius 2 is 2.06 bits per heavy atom. The van der Waals surface area contributed by atoms with Crippen molar-refractivity contribution in [2.75, 3.05) is 11.1 Å². The Morgan fingerprint density at radius 3 is 2.75 bits per heavy atom. The minimum absolute atomic E-state index is 0.268. The third-order valence-electron chi connectivity index (χ3n) is 2.14. The molecule has 0 fully saturated rings. The molecule has 3 N–H and O–H groups in total. The fraction of sp³-hybridized carbons (Fsp3) is 0.182. The van der Waals surface area contributed by atoms with Crippen molar-refractivity contribution in [3.8, 4) is 0 Å². The molecule has 0 atom stereocenters. The second-order valence-electron chi connectivity index (χ2n) is 3.51. The van der Waals surface area contributed by atoms with Crippen LogP contribution in [0.15, 0.2) is 24.4 Å². The van der Waals surface area contributed by atoms with Gasteiger partial charge in [0.25, 0.3) is 0 Å². The lowest BCUT2D eigenvalue weighted by atomic mass is 10.3. The number of anilines is 3. The van der Waals surface area contributed by atoms with Crippen LogP contribution in [0.2, 0.25) is 0 Å². The highest BCUT2D eigenvalue weighted by atomic mass is 15.1. The molecule has 0 radical (unpaired) electrons. The van der Waals surface area contributed by atoms with Crippen LogP contribution >= 0.6 is 0 Å². The van der Waals surface area contributed by atoms with E-state index in [4.69, 9.17) is 5.73 Å². The molecule has 0 aliphatic rings. The van der Waals surface area contributed by atoms with Crippen molar-refractivity contribution in [3.05, 3.63) is 35.8 Å². The number of nitrogen functional groups attached to an aromatic ring is 1. The number of nitrogens with two attached hydrogens (primary N) is 1. The monoisotopic (exact) mass is 215 g/mol.